The summed E-state index contributed by atoms with van der Waals surface area (Å²) in [5.74, 6) is 2.33. The van der Waals surface area contributed by atoms with Crippen LogP contribution in [0.25, 0.3) is 0 Å². The number of hydrogen-bond donors (Lipinski definition) is 2. The highest BCUT2D eigenvalue weighted by Gasteiger charge is 2.10. The third-order valence-electron chi connectivity index (χ3n) is 2.75. The van der Waals surface area contributed by atoms with E-state index in [-0.39, 0.29) is 11.8 Å². The minimum Gasteiger partial charge on any atom is -0.504 e. The van der Waals surface area contributed by atoms with Gasteiger partial charge in [0.15, 0.2) is 11.5 Å². The molecule has 0 spiro atoms. The molecule has 0 aliphatic rings. The van der Waals surface area contributed by atoms with Gasteiger partial charge in [0.25, 0.3) is 0 Å². The van der Waals surface area contributed by atoms with Gasteiger partial charge in [-0.3, -0.25) is 0 Å². The molecule has 0 amide bonds. The fraction of sp³-hybridized carbons (Fsp3) is 0.286. The number of phenols is 1. The van der Waals surface area contributed by atoms with Gasteiger partial charge in [-0.05, 0) is 38.1 Å². The zero-order valence-electron chi connectivity index (χ0n) is 10.7. The second-order valence-electron chi connectivity index (χ2n) is 4.20. The van der Waals surface area contributed by atoms with Crippen molar-refractivity contribution in [1.82, 2.24) is 0 Å². The van der Waals surface area contributed by atoms with Gasteiger partial charge < -0.3 is 19.6 Å². The van der Waals surface area contributed by atoms with Crippen LogP contribution in [0.15, 0.2) is 34.7 Å². The predicted molar refractivity (Wildman–Crippen MR) is 70.1 cm³/mol. The van der Waals surface area contributed by atoms with Crippen molar-refractivity contribution in [2.24, 2.45) is 0 Å². The first kappa shape index (κ1) is 12.4. The molecule has 0 saturated heterocycles. The van der Waals surface area contributed by atoms with E-state index in [0.717, 1.165) is 17.2 Å². The van der Waals surface area contributed by atoms with Crippen LogP contribution in [0.4, 0.5) is 5.69 Å². The number of benzene rings is 1. The first-order chi connectivity index (χ1) is 8.60. The van der Waals surface area contributed by atoms with Crippen molar-refractivity contribution in [2.45, 2.75) is 19.9 Å². The van der Waals surface area contributed by atoms with E-state index in [9.17, 15) is 5.11 Å². The molecule has 1 aromatic heterocycles. The van der Waals surface area contributed by atoms with E-state index >= 15 is 0 Å². The van der Waals surface area contributed by atoms with Crippen molar-refractivity contribution in [3.63, 3.8) is 0 Å². The van der Waals surface area contributed by atoms with E-state index in [1.54, 1.807) is 12.1 Å². The Labute approximate surface area is 106 Å². The molecule has 2 N–H and O–H groups in total. The number of rotatable bonds is 4. The van der Waals surface area contributed by atoms with Crippen LogP contribution in [0.3, 0.4) is 0 Å². The number of hydrogen-bond acceptors (Lipinski definition) is 4. The molecule has 2 rings (SSSR count). The van der Waals surface area contributed by atoms with Gasteiger partial charge in [0.1, 0.15) is 11.5 Å². The van der Waals surface area contributed by atoms with Crippen molar-refractivity contribution in [2.75, 3.05) is 12.4 Å². The summed E-state index contributed by atoms with van der Waals surface area (Å²) in [6.07, 6.45) is 0. The van der Waals surface area contributed by atoms with Gasteiger partial charge >= 0.3 is 0 Å². The smallest absolute Gasteiger partial charge is 0.160 e. The molecule has 1 aromatic carbocycles. The topological polar surface area (TPSA) is 54.6 Å². The molecule has 0 aliphatic heterocycles. The van der Waals surface area contributed by atoms with Crippen molar-refractivity contribution in [3.05, 3.63) is 41.9 Å². The SMILES string of the molecule is COc1ccc(NC(C)c2ccc(C)o2)cc1O. The minimum absolute atomic E-state index is 0.0338. The Hall–Kier alpha value is -2.10. The number of methoxy groups -OCH3 is 1. The molecule has 1 heterocycles. The van der Waals surface area contributed by atoms with Gasteiger partial charge in [0, 0.05) is 11.8 Å². The summed E-state index contributed by atoms with van der Waals surface area (Å²) < 4.78 is 10.5. The summed E-state index contributed by atoms with van der Waals surface area (Å²) in [6.45, 7) is 3.91. The zero-order valence-corrected chi connectivity index (χ0v) is 10.7. The Morgan fingerprint density at radius 2 is 2.06 bits per heavy atom. The molecule has 2 aromatic rings. The Bertz CT molecular complexity index is 534. The maximum absolute atomic E-state index is 9.69. The first-order valence-electron chi connectivity index (χ1n) is 5.80. The zero-order chi connectivity index (χ0) is 13.1. The molecule has 0 radical (unpaired) electrons. The number of ether oxygens (including phenoxy) is 1. The Kier molecular flexibility index (Phi) is 3.46. The van der Waals surface area contributed by atoms with Crippen LogP contribution in [-0.2, 0) is 0 Å². The highest BCUT2D eigenvalue weighted by Crippen LogP contribution is 2.30. The quantitative estimate of drug-likeness (QED) is 0.868. The Morgan fingerprint density at radius 3 is 2.61 bits per heavy atom. The number of anilines is 1. The fourth-order valence-corrected chi connectivity index (χ4v) is 1.79. The van der Waals surface area contributed by atoms with Crippen LogP contribution in [0.5, 0.6) is 11.5 Å². The van der Waals surface area contributed by atoms with E-state index in [0.29, 0.717) is 5.75 Å². The van der Waals surface area contributed by atoms with E-state index in [4.69, 9.17) is 9.15 Å². The molecular formula is C14H17NO3. The summed E-state index contributed by atoms with van der Waals surface area (Å²) in [7, 11) is 1.52. The van der Waals surface area contributed by atoms with Gasteiger partial charge in [-0.2, -0.15) is 0 Å². The van der Waals surface area contributed by atoms with Crippen molar-refractivity contribution in [3.8, 4) is 11.5 Å². The van der Waals surface area contributed by atoms with E-state index in [1.165, 1.54) is 7.11 Å². The maximum Gasteiger partial charge on any atom is 0.160 e. The summed E-state index contributed by atoms with van der Waals surface area (Å²) in [4.78, 5) is 0. The van der Waals surface area contributed by atoms with Crippen LogP contribution in [0.2, 0.25) is 0 Å². The lowest BCUT2D eigenvalue weighted by Crippen LogP contribution is -2.05. The summed E-state index contributed by atoms with van der Waals surface area (Å²) in [5.41, 5.74) is 0.815. The second kappa shape index (κ2) is 5.04. The fourth-order valence-electron chi connectivity index (χ4n) is 1.79. The van der Waals surface area contributed by atoms with Gasteiger partial charge in [-0.15, -0.1) is 0 Å². The molecule has 0 fully saturated rings. The summed E-state index contributed by atoms with van der Waals surface area (Å²) >= 11 is 0. The molecule has 18 heavy (non-hydrogen) atoms. The second-order valence-corrected chi connectivity index (χ2v) is 4.20. The molecule has 0 bridgehead atoms. The lowest BCUT2D eigenvalue weighted by Gasteiger charge is -2.14. The number of furan rings is 1. The van der Waals surface area contributed by atoms with Crippen molar-refractivity contribution >= 4 is 5.69 Å². The van der Waals surface area contributed by atoms with E-state index < -0.39 is 0 Å². The van der Waals surface area contributed by atoms with Crippen LogP contribution in [0.1, 0.15) is 24.5 Å². The number of aryl methyl sites for hydroxylation is 1. The highest BCUT2D eigenvalue weighted by molar-refractivity contribution is 5.54. The largest absolute Gasteiger partial charge is 0.504 e. The normalized spacial score (nSPS) is 12.2. The average Bonchev–Trinajstić information content (AvgIpc) is 2.76. The first-order valence-corrected chi connectivity index (χ1v) is 5.80. The van der Waals surface area contributed by atoms with Crippen molar-refractivity contribution < 1.29 is 14.3 Å². The molecule has 1 atom stereocenters. The summed E-state index contributed by atoms with van der Waals surface area (Å²) in [6, 6.07) is 9.11. The van der Waals surface area contributed by atoms with Crippen LogP contribution in [0, 0.1) is 6.92 Å². The minimum atomic E-state index is 0.0338. The Morgan fingerprint density at radius 1 is 1.28 bits per heavy atom. The summed E-state index contributed by atoms with van der Waals surface area (Å²) in [5, 5.41) is 12.9. The van der Waals surface area contributed by atoms with Gasteiger partial charge in [0.05, 0.1) is 13.2 Å². The van der Waals surface area contributed by atoms with Crippen LogP contribution < -0.4 is 10.1 Å². The molecule has 4 nitrogen and oxygen atoms in total. The highest BCUT2D eigenvalue weighted by atomic mass is 16.5. The molecule has 1 unspecified atom stereocenters. The third kappa shape index (κ3) is 2.59. The van der Waals surface area contributed by atoms with Crippen LogP contribution in [-0.4, -0.2) is 12.2 Å². The monoisotopic (exact) mass is 247 g/mol. The number of phenolic OH excluding ortho intramolecular Hbond substituents is 1. The molecule has 0 saturated carbocycles. The molecule has 0 aliphatic carbocycles. The van der Waals surface area contributed by atoms with E-state index in [1.807, 2.05) is 32.0 Å². The Balaban J connectivity index is 2.12. The van der Waals surface area contributed by atoms with Gasteiger partial charge in [0.2, 0.25) is 0 Å². The molecule has 4 heteroatoms. The maximum atomic E-state index is 9.69. The van der Waals surface area contributed by atoms with E-state index in [2.05, 4.69) is 5.32 Å². The molecule has 96 valence electrons. The third-order valence-corrected chi connectivity index (χ3v) is 2.75. The van der Waals surface area contributed by atoms with Gasteiger partial charge in [-0.1, -0.05) is 0 Å². The standard InChI is InChI=1S/C14H17NO3/c1-9-4-6-13(18-9)10(2)15-11-5-7-14(17-3)12(16)8-11/h4-8,10,15-16H,1-3H3. The molecular weight excluding hydrogens is 230 g/mol. The van der Waals surface area contributed by atoms with Crippen molar-refractivity contribution in [1.29, 1.82) is 0 Å². The lowest BCUT2D eigenvalue weighted by molar-refractivity contribution is 0.373. The van der Waals surface area contributed by atoms with Crippen LogP contribution >= 0.6 is 0 Å². The lowest BCUT2D eigenvalue weighted by atomic mass is 10.2. The number of aromatic hydroxyl groups is 1. The predicted octanol–water partition coefficient (Wildman–Crippen LogP) is 3.48. The average molecular weight is 247 g/mol. The van der Waals surface area contributed by atoms with Gasteiger partial charge in [-0.25, -0.2) is 0 Å². The number of nitrogens with one attached hydrogen (secondary N) is 1.